The fourth-order valence-corrected chi connectivity index (χ4v) is 3.54. The summed E-state index contributed by atoms with van der Waals surface area (Å²) in [7, 11) is -3.78. The highest BCUT2D eigenvalue weighted by atomic mass is 32.2. The molecule has 0 aromatic heterocycles. The molecule has 3 rings (SSSR count). The molecular formula is C19H18O3S. The summed E-state index contributed by atoms with van der Waals surface area (Å²) < 4.78 is 30.1. The van der Waals surface area contributed by atoms with Gasteiger partial charge in [0.05, 0.1) is 11.0 Å². The highest BCUT2D eigenvalue weighted by Crippen LogP contribution is 2.26. The van der Waals surface area contributed by atoms with Crippen molar-refractivity contribution in [1.82, 2.24) is 0 Å². The summed E-state index contributed by atoms with van der Waals surface area (Å²) in [5, 5.41) is 2.18. The molecule has 3 aromatic carbocycles. The van der Waals surface area contributed by atoms with Gasteiger partial charge in [-0.05, 0) is 48.4 Å². The Bertz CT molecular complexity index is 928. The molecule has 1 unspecified atom stereocenters. The minimum Gasteiger partial charge on any atom is -0.258 e. The lowest BCUT2D eigenvalue weighted by atomic mass is 10.0. The molecule has 0 aliphatic carbocycles. The molecule has 118 valence electrons. The molecule has 0 aliphatic heterocycles. The van der Waals surface area contributed by atoms with Crippen LogP contribution in [0, 0.1) is 6.92 Å². The molecule has 0 heterocycles. The Morgan fingerprint density at radius 2 is 1.52 bits per heavy atom. The third kappa shape index (κ3) is 3.44. The molecule has 0 saturated heterocycles. The number of rotatable bonds is 4. The molecule has 4 heteroatoms. The molecule has 0 saturated carbocycles. The number of hydrogen-bond acceptors (Lipinski definition) is 3. The second-order valence-corrected chi connectivity index (χ2v) is 7.18. The highest BCUT2D eigenvalue weighted by Gasteiger charge is 2.20. The van der Waals surface area contributed by atoms with E-state index < -0.39 is 16.2 Å². The molecule has 0 bridgehead atoms. The Balaban J connectivity index is 1.87. The Kier molecular flexibility index (Phi) is 4.20. The van der Waals surface area contributed by atoms with Crippen LogP contribution in [0.2, 0.25) is 0 Å². The van der Waals surface area contributed by atoms with Gasteiger partial charge >= 0.3 is 0 Å². The normalized spacial score (nSPS) is 13.1. The van der Waals surface area contributed by atoms with Crippen LogP contribution in [-0.2, 0) is 14.3 Å². The lowest BCUT2D eigenvalue weighted by Crippen LogP contribution is -2.10. The average molecular weight is 326 g/mol. The fraction of sp³-hybridized carbons (Fsp3) is 0.158. The summed E-state index contributed by atoms with van der Waals surface area (Å²) in [6.45, 7) is 3.66. The molecule has 0 N–H and O–H groups in total. The molecule has 3 aromatic rings. The zero-order chi connectivity index (χ0) is 16.4. The van der Waals surface area contributed by atoms with Crippen molar-refractivity contribution in [2.45, 2.75) is 24.8 Å². The minimum absolute atomic E-state index is 0.177. The maximum absolute atomic E-state index is 12.4. The van der Waals surface area contributed by atoms with Crippen molar-refractivity contribution in [3.63, 3.8) is 0 Å². The predicted molar refractivity (Wildman–Crippen MR) is 91.8 cm³/mol. The van der Waals surface area contributed by atoms with E-state index in [1.54, 1.807) is 31.2 Å². The molecule has 0 amide bonds. The van der Waals surface area contributed by atoms with Crippen molar-refractivity contribution < 1.29 is 12.6 Å². The van der Waals surface area contributed by atoms with E-state index in [1.165, 1.54) is 0 Å². The highest BCUT2D eigenvalue weighted by molar-refractivity contribution is 7.86. The molecule has 0 spiro atoms. The van der Waals surface area contributed by atoms with Crippen molar-refractivity contribution in [1.29, 1.82) is 0 Å². The molecule has 1 atom stereocenters. The Morgan fingerprint density at radius 3 is 2.22 bits per heavy atom. The van der Waals surface area contributed by atoms with Gasteiger partial charge in [-0.2, -0.15) is 8.42 Å². The van der Waals surface area contributed by atoms with Crippen LogP contribution in [0.3, 0.4) is 0 Å². The van der Waals surface area contributed by atoms with E-state index in [-0.39, 0.29) is 4.90 Å². The van der Waals surface area contributed by atoms with Crippen LogP contribution < -0.4 is 0 Å². The smallest absolute Gasteiger partial charge is 0.258 e. The van der Waals surface area contributed by atoms with E-state index in [2.05, 4.69) is 0 Å². The van der Waals surface area contributed by atoms with Crippen molar-refractivity contribution in [3.05, 3.63) is 77.9 Å². The van der Waals surface area contributed by atoms with Crippen LogP contribution in [0.5, 0.6) is 0 Å². The summed E-state index contributed by atoms with van der Waals surface area (Å²) >= 11 is 0. The summed E-state index contributed by atoms with van der Waals surface area (Å²) in [4.78, 5) is 0.177. The van der Waals surface area contributed by atoms with Gasteiger partial charge in [-0.15, -0.1) is 0 Å². The minimum atomic E-state index is -3.78. The van der Waals surface area contributed by atoms with Gasteiger partial charge in [-0.1, -0.05) is 54.1 Å². The summed E-state index contributed by atoms with van der Waals surface area (Å²) in [5.74, 6) is 0. The SMILES string of the molecule is Cc1ccc(S(=O)(=O)OC(C)c2ccc3ccccc3c2)cc1. The molecule has 0 radical (unpaired) electrons. The monoisotopic (exact) mass is 326 g/mol. The van der Waals surface area contributed by atoms with Gasteiger partial charge in [0.2, 0.25) is 0 Å². The van der Waals surface area contributed by atoms with Gasteiger partial charge in [0.15, 0.2) is 0 Å². The van der Waals surface area contributed by atoms with Crippen molar-refractivity contribution in [2.75, 3.05) is 0 Å². The molecule has 0 fully saturated rings. The Labute approximate surface area is 136 Å². The number of hydrogen-bond donors (Lipinski definition) is 0. The Hall–Kier alpha value is -2.17. The Morgan fingerprint density at radius 1 is 0.870 bits per heavy atom. The maximum Gasteiger partial charge on any atom is 0.297 e. The molecule has 0 aliphatic rings. The lowest BCUT2D eigenvalue weighted by molar-refractivity contribution is 0.234. The second-order valence-electron chi connectivity index (χ2n) is 5.61. The van der Waals surface area contributed by atoms with E-state index in [1.807, 2.05) is 49.4 Å². The lowest BCUT2D eigenvalue weighted by Gasteiger charge is -2.14. The maximum atomic E-state index is 12.4. The van der Waals surface area contributed by atoms with Crippen LogP contribution in [0.25, 0.3) is 10.8 Å². The third-order valence-electron chi connectivity index (χ3n) is 3.82. The largest absolute Gasteiger partial charge is 0.297 e. The van der Waals surface area contributed by atoms with Crippen molar-refractivity contribution >= 4 is 20.9 Å². The van der Waals surface area contributed by atoms with Crippen LogP contribution in [0.15, 0.2) is 71.6 Å². The first-order valence-corrected chi connectivity index (χ1v) is 8.85. The molecule has 23 heavy (non-hydrogen) atoms. The van der Waals surface area contributed by atoms with Gasteiger partial charge in [0.25, 0.3) is 10.1 Å². The number of benzene rings is 3. The van der Waals surface area contributed by atoms with Crippen LogP contribution in [0.4, 0.5) is 0 Å². The van der Waals surface area contributed by atoms with Crippen LogP contribution in [0.1, 0.15) is 24.2 Å². The van der Waals surface area contributed by atoms with E-state index in [4.69, 9.17) is 4.18 Å². The average Bonchev–Trinajstić information content (AvgIpc) is 2.54. The fourth-order valence-electron chi connectivity index (χ4n) is 2.47. The van der Waals surface area contributed by atoms with E-state index in [0.29, 0.717) is 0 Å². The van der Waals surface area contributed by atoms with E-state index in [9.17, 15) is 8.42 Å². The second kappa shape index (κ2) is 6.14. The van der Waals surface area contributed by atoms with Crippen molar-refractivity contribution in [2.24, 2.45) is 0 Å². The topological polar surface area (TPSA) is 43.4 Å². The third-order valence-corrected chi connectivity index (χ3v) is 5.22. The predicted octanol–water partition coefficient (Wildman–Crippen LogP) is 4.61. The first-order valence-electron chi connectivity index (χ1n) is 7.44. The molecular weight excluding hydrogens is 308 g/mol. The zero-order valence-corrected chi connectivity index (χ0v) is 13.9. The van der Waals surface area contributed by atoms with Gasteiger partial charge in [0, 0.05) is 0 Å². The van der Waals surface area contributed by atoms with Crippen LogP contribution in [-0.4, -0.2) is 8.42 Å². The first kappa shape index (κ1) is 15.7. The van der Waals surface area contributed by atoms with Gasteiger partial charge in [-0.25, -0.2) is 0 Å². The summed E-state index contributed by atoms with van der Waals surface area (Å²) in [6.07, 6.45) is -0.550. The van der Waals surface area contributed by atoms with Gasteiger partial charge < -0.3 is 0 Å². The molecule has 3 nitrogen and oxygen atoms in total. The zero-order valence-electron chi connectivity index (χ0n) is 13.1. The van der Waals surface area contributed by atoms with Gasteiger partial charge in [-0.3, -0.25) is 4.18 Å². The standard InChI is InChI=1S/C19H18O3S/c1-14-7-11-19(12-8-14)23(20,21)22-15(2)17-10-9-16-5-3-4-6-18(16)13-17/h3-13,15H,1-2H3. The van der Waals surface area contributed by atoms with E-state index in [0.717, 1.165) is 21.9 Å². The first-order chi connectivity index (χ1) is 11.0. The van der Waals surface area contributed by atoms with E-state index >= 15 is 0 Å². The van der Waals surface area contributed by atoms with Crippen LogP contribution >= 0.6 is 0 Å². The quantitative estimate of drug-likeness (QED) is 0.657. The van der Waals surface area contributed by atoms with Crippen molar-refractivity contribution in [3.8, 4) is 0 Å². The summed E-state index contributed by atoms with van der Waals surface area (Å²) in [6, 6.07) is 20.5. The summed E-state index contributed by atoms with van der Waals surface area (Å²) in [5.41, 5.74) is 1.84. The van der Waals surface area contributed by atoms with Gasteiger partial charge in [0.1, 0.15) is 0 Å². The number of fused-ring (bicyclic) bond motifs is 1. The number of aryl methyl sites for hydroxylation is 1.